The van der Waals surface area contributed by atoms with Gasteiger partial charge in [-0.2, -0.15) is 0 Å². The molecule has 3 fully saturated rings. The molecule has 0 spiro atoms. The van der Waals surface area contributed by atoms with E-state index in [9.17, 15) is 9.59 Å². The van der Waals surface area contributed by atoms with E-state index in [0.29, 0.717) is 23.7 Å². The molecule has 1 aromatic rings. The number of imide groups is 1. The summed E-state index contributed by atoms with van der Waals surface area (Å²) >= 11 is 0. The van der Waals surface area contributed by atoms with E-state index < -0.39 is 0 Å². The number of anilines is 1. The Bertz CT molecular complexity index is 748. The molecular formula is C20H22N2O2. The zero-order chi connectivity index (χ0) is 16.6. The van der Waals surface area contributed by atoms with Gasteiger partial charge < -0.3 is 5.32 Å². The first-order chi connectivity index (χ1) is 11.6. The number of rotatable bonds is 3. The van der Waals surface area contributed by atoms with Crippen LogP contribution in [0.1, 0.15) is 17.5 Å². The van der Waals surface area contributed by atoms with Crippen LogP contribution in [0.25, 0.3) is 0 Å². The molecule has 6 rings (SSSR count). The van der Waals surface area contributed by atoms with Gasteiger partial charge in [0.1, 0.15) is 0 Å². The van der Waals surface area contributed by atoms with E-state index in [4.69, 9.17) is 0 Å². The highest BCUT2D eigenvalue weighted by Crippen LogP contribution is 2.65. The molecule has 1 aromatic carbocycles. The first-order valence-corrected chi connectivity index (χ1v) is 8.91. The number of allylic oxidation sites excluding steroid dienone is 2. The molecular weight excluding hydrogens is 300 g/mol. The highest BCUT2D eigenvalue weighted by atomic mass is 16.2. The van der Waals surface area contributed by atoms with Gasteiger partial charge in [-0.05, 0) is 61.1 Å². The fraction of sp³-hybridized carbons (Fsp3) is 0.500. The standard InChI is InChI=1S/C20H22N2O2/c1-10-4-3-5-16(11(10)2)21-9-22-19(23)17-12-6-7-13(15-8-14(12)15)18(17)20(22)24/h3-7,12-15,17-18,21H,8-9H2,1-2H3/t12-,13-,14-,15+,17+,18+/m0/s1. The van der Waals surface area contributed by atoms with Gasteiger partial charge in [0.25, 0.3) is 0 Å². The molecule has 24 heavy (non-hydrogen) atoms. The Morgan fingerprint density at radius 1 is 1.04 bits per heavy atom. The number of hydrogen-bond donors (Lipinski definition) is 1. The Morgan fingerprint density at radius 3 is 2.29 bits per heavy atom. The van der Waals surface area contributed by atoms with Crippen molar-refractivity contribution >= 4 is 17.5 Å². The van der Waals surface area contributed by atoms with E-state index >= 15 is 0 Å². The van der Waals surface area contributed by atoms with Gasteiger partial charge in [-0.3, -0.25) is 14.5 Å². The van der Waals surface area contributed by atoms with Crippen molar-refractivity contribution in [2.45, 2.75) is 20.3 Å². The van der Waals surface area contributed by atoms with Crippen molar-refractivity contribution in [3.63, 3.8) is 0 Å². The first-order valence-electron chi connectivity index (χ1n) is 8.91. The van der Waals surface area contributed by atoms with Gasteiger partial charge in [0.05, 0.1) is 18.5 Å². The van der Waals surface area contributed by atoms with Crippen LogP contribution < -0.4 is 5.32 Å². The molecule has 2 bridgehead atoms. The van der Waals surface area contributed by atoms with E-state index in [1.807, 2.05) is 12.1 Å². The minimum atomic E-state index is -0.100. The molecule has 1 heterocycles. The van der Waals surface area contributed by atoms with Gasteiger partial charge in [-0.25, -0.2) is 0 Å². The average Bonchev–Trinajstić information content (AvgIpc) is 3.35. The van der Waals surface area contributed by atoms with Gasteiger partial charge in [0.15, 0.2) is 0 Å². The Labute approximate surface area is 141 Å². The normalized spacial score (nSPS) is 38.3. The van der Waals surface area contributed by atoms with Crippen molar-refractivity contribution in [3.8, 4) is 0 Å². The molecule has 2 amide bonds. The Morgan fingerprint density at radius 2 is 1.67 bits per heavy atom. The number of benzene rings is 1. The average molecular weight is 322 g/mol. The highest BCUT2D eigenvalue weighted by molar-refractivity contribution is 6.06. The number of carbonyl (C=O) groups excluding carboxylic acids is 2. The number of aryl methyl sites for hydroxylation is 1. The quantitative estimate of drug-likeness (QED) is 0.688. The van der Waals surface area contributed by atoms with Gasteiger partial charge in [0, 0.05) is 5.69 Å². The summed E-state index contributed by atoms with van der Waals surface area (Å²) in [7, 11) is 0. The van der Waals surface area contributed by atoms with Gasteiger partial charge in [0.2, 0.25) is 11.8 Å². The van der Waals surface area contributed by atoms with Gasteiger partial charge in [-0.1, -0.05) is 24.3 Å². The monoisotopic (exact) mass is 322 g/mol. The lowest BCUT2D eigenvalue weighted by molar-refractivity contribution is -0.139. The van der Waals surface area contributed by atoms with Crippen LogP contribution >= 0.6 is 0 Å². The molecule has 6 atom stereocenters. The predicted octanol–water partition coefficient (Wildman–Crippen LogP) is 2.73. The lowest BCUT2D eigenvalue weighted by Gasteiger charge is -2.37. The van der Waals surface area contributed by atoms with E-state index in [1.165, 1.54) is 16.9 Å². The summed E-state index contributed by atoms with van der Waals surface area (Å²) in [5.74, 6) is 1.78. The van der Waals surface area contributed by atoms with E-state index in [2.05, 4.69) is 37.4 Å². The van der Waals surface area contributed by atoms with Crippen molar-refractivity contribution in [2.75, 3.05) is 12.0 Å². The summed E-state index contributed by atoms with van der Waals surface area (Å²) in [5, 5.41) is 3.30. The van der Waals surface area contributed by atoms with Crippen LogP contribution in [0.3, 0.4) is 0 Å². The fourth-order valence-corrected chi connectivity index (χ4v) is 5.28. The van der Waals surface area contributed by atoms with Crippen LogP contribution in [-0.2, 0) is 9.59 Å². The van der Waals surface area contributed by atoms with Gasteiger partial charge >= 0.3 is 0 Å². The SMILES string of the molecule is Cc1cccc(NCN2C(=O)[C@@H]3[C@H]4C=C[C@@H]([C@@H]5C[C@H]45)[C@H]3C2=O)c1C. The second-order valence-corrected chi connectivity index (χ2v) is 7.84. The smallest absolute Gasteiger partial charge is 0.235 e. The predicted molar refractivity (Wildman–Crippen MR) is 91.0 cm³/mol. The molecule has 2 saturated carbocycles. The maximum absolute atomic E-state index is 12.9. The fourth-order valence-electron chi connectivity index (χ4n) is 5.28. The zero-order valence-electron chi connectivity index (χ0n) is 14.0. The summed E-state index contributed by atoms with van der Waals surface area (Å²) in [6.45, 7) is 4.41. The second-order valence-electron chi connectivity index (χ2n) is 7.84. The molecule has 124 valence electrons. The number of likely N-dealkylation sites (tertiary alicyclic amines) is 1. The van der Waals surface area contributed by atoms with Crippen LogP contribution in [0.4, 0.5) is 5.69 Å². The maximum Gasteiger partial charge on any atom is 0.235 e. The topological polar surface area (TPSA) is 49.4 Å². The Hall–Kier alpha value is -2.10. The van der Waals surface area contributed by atoms with Crippen molar-refractivity contribution < 1.29 is 9.59 Å². The summed E-state index contributed by atoms with van der Waals surface area (Å²) < 4.78 is 0. The maximum atomic E-state index is 12.9. The third-order valence-electron chi connectivity index (χ3n) is 6.79. The summed E-state index contributed by atoms with van der Waals surface area (Å²) in [4.78, 5) is 27.3. The van der Waals surface area contributed by atoms with Crippen LogP contribution in [0.2, 0.25) is 0 Å². The molecule has 0 radical (unpaired) electrons. The van der Waals surface area contributed by atoms with Crippen LogP contribution in [-0.4, -0.2) is 23.4 Å². The van der Waals surface area contributed by atoms with E-state index in [-0.39, 0.29) is 30.3 Å². The lowest BCUT2D eigenvalue weighted by Crippen LogP contribution is -2.40. The minimum absolute atomic E-state index is 0.0347. The van der Waals surface area contributed by atoms with Crippen molar-refractivity contribution in [3.05, 3.63) is 41.5 Å². The van der Waals surface area contributed by atoms with Crippen molar-refractivity contribution in [1.29, 1.82) is 0 Å². The summed E-state index contributed by atoms with van der Waals surface area (Å²) in [5.41, 5.74) is 3.36. The van der Waals surface area contributed by atoms with Crippen LogP contribution in [0.15, 0.2) is 30.4 Å². The number of amides is 2. The van der Waals surface area contributed by atoms with Crippen molar-refractivity contribution in [2.24, 2.45) is 35.5 Å². The third-order valence-corrected chi connectivity index (χ3v) is 6.79. The Kier molecular flexibility index (Phi) is 2.80. The Balaban J connectivity index is 1.38. The molecule has 1 saturated heterocycles. The molecule has 1 N–H and O–H groups in total. The third kappa shape index (κ3) is 1.74. The summed E-state index contributed by atoms with van der Waals surface area (Å²) in [6, 6.07) is 6.06. The second kappa shape index (κ2) is 4.71. The number of nitrogens with one attached hydrogen (secondary N) is 1. The largest absolute Gasteiger partial charge is 0.367 e. The lowest BCUT2D eigenvalue weighted by atomic mass is 9.63. The number of carbonyl (C=O) groups is 2. The first kappa shape index (κ1) is 14.3. The molecule has 5 aliphatic rings. The molecule has 4 heteroatoms. The van der Waals surface area contributed by atoms with E-state index in [1.54, 1.807) is 0 Å². The highest BCUT2D eigenvalue weighted by Gasteiger charge is 2.66. The summed E-state index contributed by atoms with van der Waals surface area (Å²) in [6.07, 6.45) is 5.64. The number of hydrogen-bond acceptors (Lipinski definition) is 3. The number of nitrogens with zero attached hydrogens (tertiary/aromatic N) is 1. The van der Waals surface area contributed by atoms with Crippen LogP contribution in [0.5, 0.6) is 0 Å². The van der Waals surface area contributed by atoms with Crippen LogP contribution in [0, 0.1) is 49.4 Å². The molecule has 1 aliphatic heterocycles. The van der Waals surface area contributed by atoms with Crippen molar-refractivity contribution in [1.82, 2.24) is 4.90 Å². The molecule has 0 aromatic heterocycles. The minimum Gasteiger partial charge on any atom is -0.367 e. The van der Waals surface area contributed by atoms with Gasteiger partial charge in [-0.15, -0.1) is 0 Å². The van der Waals surface area contributed by atoms with E-state index in [0.717, 1.165) is 11.3 Å². The molecule has 0 unspecified atom stereocenters. The molecule has 4 aliphatic carbocycles. The zero-order valence-corrected chi connectivity index (χ0v) is 14.0. The molecule has 4 nitrogen and oxygen atoms in total.